The van der Waals surface area contributed by atoms with Gasteiger partial charge in [-0.05, 0) is 56.0 Å². The zero-order chi connectivity index (χ0) is 12.8. The predicted octanol–water partition coefficient (Wildman–Crippen LogP) is 1.55. The van der Waals surface area contributed by atoms with Gasteiger partial charge in [0.1, 0.15) is 5.75 Å². The van der Waals surface area contributed by atoms with Crippen LogP contribution in [0.25, 0.3) is 0 Å². The number of benzene rings is 1. The van der Waals surface area contributed by atoms with Gasteiger partial charge in [-0.15, -0.1) is 0 Å². The number of carbonyl (C=O) groups is 1. The van der Waals surface area contributed by atoms with Crippen LogP contribution in [0.3, 0.4) is 0 Å². The molecule has 1 fully saturated rings. The molecule has 0 heterocycles. The lowest BCUT2D eigenvalue weighted by molar-refractivity contribution is 0.0953. The lowest BCUT2D eigenvalue weighted by Crippen LogP contribution is -2.25. The van der Waals surface area contributed by atoms with Gasteiger partial charge in [-0.25, -0.2) is 0 Å². The van der Waals surface area contributed by atoms with Crippen molar-refractivity contribution >= 4 is 5.91 Å². The highest BCUT2D eigenvalue weighted by Crippen LogP contribution is 2.29. The van der Waals surface area contributed by atoms with Gasteiger partial charge >= 0.3 is 0 Å². The molecule has 1 aromatic carbocycles. The number of nitrogens with one attached hydrogen (secondary N) is 1. The Labute approximate surface area is 108 Å². The first-order valence-corrected chi connectivity index (χ1v) is 6.50. The molecule has 0 unspecified atom stereocenters. The summed E-state index contributed by atoms with van der Waals surface area (Å²) in [7, 11) is 0. The van der Waals surface area contributed by atoms with Crippen molar-refractivity contribution in [1.29, 1.82) is 0 Å². The minimum atomic E-state index is -0.0582. The minimum Gasteiger partial charge on any atom is -0.493 e. The first-order chi connectivity index (χ1) is 8.79. The molecular formula is C14H20N2O2. The molecule has 4 nitrogen and oxygen atoms in total. The summed E-state index contributed by atoms with van der Waals surface area (Å²) in [4.78, 5) is 11.7. The summed E-state index contributed by atoms with van der Waals surface area (Å²) >= 11 is 0. The summed E-state index contributed by atoms with van der Waals surface area (Å²) in [6, 6.07) is 7.28. The fourth-order valence-electron chi connectivity index (χ4n) is 1.61. The lowest BCUT2D eigenvalue weighted by atomic mass is 10.2. The molecule has 1 saturated carbocycles. The fourth-order valence-corrected chi connectivity index (χ4v) is 1.61. The van der Waals surface area contributed by atoms with Crippen LogP contribution >= 0.6 is 0 Å². The van der Waals surface area contributed by atoms with Crippen LogP contribution < -0.4 is 15.8 Å². The summed E-state index contributed by atoms with van der Waals surface area (Å²) in [6.45, 7) is 2.01. The molecule has 3 N–H and O–H groups in total. The van der Waals surface area contributed by atoms with Crippen molar-refractivity contribution in [2.24, 2.45) is 11.7 Å². The molecule has 1 aromatic rings. The molecule has 18 heavy (non-hydrogen) atoms. The van der Waals surface area contributed by atoms with E-state index < -0.39 is 0 Å². The second-order valence-corrected chi connectivity index (χ2v) is 4.68. The zero-order valence-electron chi connectivity index (χ0n) is 10.5. The third-order valence-electron chi connectivity index (χ3n) is 2.97. The number of hydrogen-bond donors (Lipinski definition) is 2. The van der Waals surface area contributed by atoms with Crippen molar-refractivity contribution in [1.82, 2.24) is 5.32 Å². The summed E-state index contributed by atoms with van der Waals surface area (Å²) < 4.78 is 5.61. The van der Waals surface area contributed by atoms with Crippen molar-refractivity contribution in [3.05, 3.63) is 29.8 Å². The van der Waals surface area contributed by atoms with Gasteiger partial charge in [0, 0.05) is 12.1 Å². The largest absolute Gasteiger partial charge is 0.493 e. The number of rotatable bonds is 7. The molecule has 0 spiro atoms. The predicted molar refractivity (Wildman–Crippen MR) is 70.7 cm³/mol. The Morgan fingerprint density at radius 3 is 2.67 bits per heavy atom. The average Bonchev–Trinajstić information content (AvgIpc) is 3.21. The Kier molecular flexibility index (Phi) is 4.59. The van der Waals surface area contributed by atoms with Crippen LogP contribution in [0.5, 0.6) is 5.75 Å². The van der Waals surface area contributed by atoms with Crippen molar-refractivity contribution < 1.29 is 9.53 Å². The standard InChI is InChI=1S/C14H20N2O2/c15-8-1-9-16-14(17)12-4-6-13(7-5-12)18-10-11-2-3-11/h4-7,11H,1-3,8-10,15H2,(H,16,17). The van der Waals surface area contributed by atoms with E-state index in [1.54, 1.807) is 12.1 Å². The Balaban J connectivity index is 1.79. The first-order valence-electron chi connectivity index (χ1n) is 6.50. The highest BCUT2D eigenvalue weighted by Gasteiger charge is 2.21. The monoisotopic (exact) mass is 248 g/mol. The number of carbonyl (C=O) groups excluding carboxylic acids is 1. The molecule has 0 saturated heterocycles. The van der Waals surface area contributed by atoms with Crippen LogP contribution in [0, 0.1) is 5.92 Å². The topological polar surface area (TPSA) is 64.3 Å². The van der Waals surface area contributed by atoms with Crippen LogP contribution in [0.4, 0.5) is 0 Å². The second kappa shape index (κ2) is 6.40. The molecule has 0 aromatic heterocycles. The van der Waals surface area contributed by atoms with E-state index in [4.69, 9.17) is 10.5 Å². The maximum absolute atomic E-state index is 11.7. The number of nitrogens with two attached hydrogens (primary N) is 1. The molecule has 0 bridgehead atoms. The highest BCUT2D eigenvalue weighted by molar-refractivity contribution is 5.94. The summed E-state index contributed by atoms with van der Waals surface area (Å²) in [6.07, 6.45) is 3.36. The van der Waals surface area contributed by atoms with Crippen LogP contribution in [0.15, 0.2) is 24.3 Å². The minimum absolute atomic E-state index is 0.0582. The highest BCUT2D eigenvalue weighted by atomic mass is 16.5. The zero-order valence-corrected chi connectivity index (χ0v) is 10.5. The van der Waals surface area contributed by atoms with Crippen LogP contribution in [-0.2, 0) is 0 Å². The summed E-state index contributed by atoms with van der Waals surface area (Å²) in [5, 5.41) is 2.82. The van der Waals surface area contributed by atoms with E-state index in [1.165, 1.54) is 12.8 Å². The van der Waals surface area contributed by atoms with Gasteiger partial charge in [-0.2, -0.15) is 0 Å². The Morgan fingerprint density at radius 2 is 2.06 bits per heavy atom. The van der Waals surface area contributed by atoms with E-state index in [2.05, 4.69) is 5.32 Å². The van der Waals surface area contributed by atoms with Crippen LogP contribution in [0.2, 0.25) is 0 Å². The van der Waals surface area contributed by atoms with Crippen molar-refractivity contribution in [3.63, 3.8) is 0 Å². The normalized spacial score (nSPS) is 14.3. The molecule has 2 rings (SSSR count). The maximum Gasteiger partial charge on any atom is 0.251 e. The summed E-state index contributed by atoms with van der Waals surface area (Å²) in [5.74, 6) is 1.52. The first kappa shape index (κ1) is 12.9. The smallest absolute Gasteiger partial charge is 0.251 e. The van der Waals surface area contributed by atoms with Gasteiger partial charge in [0.2, 0.25) is 0 Å². The van der Waals surface area contributed by atoms with Gasteiger partial charge < -0.3 is 15.8 Å². The van der Waals surface area contributed by atoms with Crippen molar-refractivity contribution in [2.75, 3.05) is 19.7 Å². The van der Waals surface area contributed by atoms with Gasteiger partial charge in [0.25, 0.3) is 5.91 Å². The van der Waals surface area contributed by atoms with Crippen molar-refractivity contribution in [2.45, 2.75) is 19.3 Å². The van der Waals surface area contributed by atoms with Crippen molar-refractivity contribution in [3.8, 4) is 5.75 Å². The molecule has 1 amide bonds. The van der Waals surface area contributed by atoms with Crippen LogP contribution in [-0.4, -0.2) is 25.6 Å². The Hall–Kier alpha value is -1.55. The number of ether oxygens (including phenoxy) is 1. The van der Waals surface area contributed by atoms with E-state index in [9.17, 15) is 4.79 Å². The Morgan fingerprint density at radius 1 is 1.33 bits per heavy atom. The Bertz CT molecular complexity index is 385. The third kappa shape index (κ3) is 4.04. The summed E-state index contributed by atoms with van der Waals surface area (Å²) in [5.41, 5.74) is 6.03. The maximum atomic E-state index is 11.7. The van der Waals surface area contributed by atoms with Crippen LogP contribution in [0.1, 0.15) is 29.6 Å². The van der Waals surface area contributed by atoms with Gasteiger partial charge in [-0.3, -0.25) is 4.79 Å². The molecule has 4 heteroatoms. The van der Waals surface area contributed by atoms with E-state index in [0.29, 0.717) is 18.7 Å². The van der Waals surface area contributed by atoms with Gasteiger partial charge in [0.15, 0.2) is 0 Å². The quantitative estimate of drug-likeness (QED) is 0.720. The second-order valence-electron chi connectivity index (χ2n) is 4.68. The number of hydrogen-bond acceptors (Lipinski definition) is 3. The van der Waals surface area contributed by atoms with E-state index >= 15 is 0 Å². The van der Waals surface area contributed by atoms with Gasteiger partial charge in [-0.1, -0.05) is 0 Å². The van der Waals surface area contributed by atoms with E-state index in [1.807, 2.05) is 12.1 Å². The molecule has 1 aliphatic rings. The molecule has 0 atom stereocenters. The lowest BCUT2D eigenvalue weighted by Gasteiger charge is -2.07. The molecular weight excluding hydrogens is 228 g/mol. The average molecular weight is 248 g/mol. The molecule has 0 aliphatic heterocycles. The fraction of sp³-hybridized carbons (Fsp3) is 0.500. The third-order valence-corrected chi connectivity index (χ3v) is 2.97. The molecule has 0 radical (unpaired) electrons. The molecule has 98 valence electrons. The number of amides is 1. The van der Waals surface area contributed by atoms with E-state index in [0.717, 1.165) is 24.7 Å². The molecule has 1 aliphatic carbocycles. The van der Waals surface area contributed by atoms with E-state index in [-0.39, 0.29) is 5.91 Å². The van der Waals surface area contributed by atoms with Gasteiger partial charge in [0.05, 0.1) is 6.61 Å². The SMILES string of the molecule is NCCCNC(=O)c1ccc(OCC2CC2)cc1.